The molecule has 21 heavy (non-hydrogen) atoms. The number of nitro benzene ring substituents is 1. The zero-order valence-electron chi connectivity index (χ0n) is 11.9. The van der Waals surface area contributed by atoms with E-state index in [0.29, 0.717) is 11.1 Å². The largest absolute Gasteiger partial charge is 0.490 e. The number of aliphatic hydroxyl groups excluding tert-OH is 1. The van der Waals surface area contributed by atoms with Gasteiger partial charge >= 0.3 is 5.69 Å². The van der Waals surface area contributed by atoms with E-state index < -0.39 is 11.0 Å². The molecule has 2 rings (SSSR count). The molecule has 2 aromatic carbocycles. The van der Waals surface area contributed by atoms with Gasteiger partial charge in [0.05, 0.1) is 12.0 Å². The lowest BCUT2D eigenvalue weighted by Crippen LogP contribution is -2.02. The van der Waals surface area contributed by atoms with E-state index in [1.165, 1.54) is 24.8 Å². The third-order valence-corrected chi connectivity index (χ3v) is 3.42. The zero-order chi connectivity index (χ0) is 15.4. The molecule has 0 heterocycles. The highest BCUT2D eigenvalue weighted by molar-refractivity contribution is 5.50. The van der Waals surface area contributed by atoms with Gasteiger partial charge in [0.15, 0.2) is 5.75 Å². The van der Waals surface area contributed by atoms with Crippen molar-refractivity contribution in [3.63, 3.8) is 0 Å². The zero-order valence-corrected chi connectivity index (χ0v) is 11.9. The van der Waals surface area contributed by atoms with Crippen molar-refractivity contribution < 1.29 is 14.8 Å². The van der Waals surface area contributed by atoms with Gasteiger partial charge in [-0.3, -0.25) is 10.1 Å². The maximum Gasteiger partial charge on any atom is 0.311 e. The van der Waals surface area contributed by atoms with Crippen LogP contribution in [0.25, 0.3) is 0 Å². The predicted octanol–water partition coefficient (Wildman–Crippen LogP) is 3.25. The fourth-order valence-corrected chi connectivity index (χ4v) is 2.15. The Hall–Kier alpha value is -2.40. The van der Waals surface area contributed by atoms with Crippen LogP contribution in [0.5, 0.6) is 5.75 Å². The average molecular weight is 287 g/mol. The smallest absolute Gasteiger partial charge is 0.311 e. The molecule has 110 valence electrons. The summed E-state index contributed by atoms with van der Waals surface area (Å²) in [5.41, 5.74) is 2.18. The standard InChI is InChI=1S/C16H17NO4/c1-3-11-4-6-12(7-5-11)16(18)13-8-9-15(21-2)14(10-13)17(19)20/h4-10,16,18H,3H2,1-2H3/t16-/m0/s1. The second kappa shape index (κ2) is 6.37. The van der Waals surface area contributed by atoms with Gasteiger partial charge in [0, 0.05) is 6.07 Å². The number of nitro groups is 1. The van der Waals surface area contributed by atoms with Crippen molar-refractivity contribution in [2.45, 2.75) is 19.4 Å². The number of hydrogen-bond acceptors (Lipinski definition) is 4. The third-order valence-electron chi connectivity index (χ3n) is 3.42. The van der Waals surface area contributed by atoms with E-state index in [9.17, 15) is 15.2 Å². The van der Waals surface area contributed by atoms with Crippen LogP contribution >= 0.6 is 0 Å². The summed E-state index contributed by atoms with van der Waals surface area (Å²) in [5, 5.41) is 21.4. The summed E-state index contributed by atoms with van der Waals surface area (Å²) >= 11 is 0. The first-order chi connectivity index (χ1) is 10.1. The summed E-state index contributed by atoms with van der Waals surface area (Å²) in [6.07, 6.45) is 0.0187. The van der Waals surface area contributed by atoms with Gasteiger partial charge in [-0.15, -0.1) is 0 Å². The number of ether oxygens (including phenoxy) is 1. The van der Waals surface area contributed by atoms with Crippen LogP contribution in [-0.2, 0) is 6.42 Å². The summed E-state index contributed by atoms with van der Waals surface area (Å²) < 4.78 is 4.95. The summed E-state index contributed by atoms with van der Waals surface area (Å²) in [6, 6.07) is 12.0. The van der Waals surface area contributed by atoms with Crippen molar-refractivity contribution in [1.82, 2.24) is 0 Å². The fourth-order valence-electron chi connectivity index (χ4n) is 2.15. The predicted molar refractivity (Wildman–Crippen MR) is 79.5 cm³/mol. The number of hydrogen-bond donors (Lipinski definition) is 1. The van der Waals surface area contributed by atoms with E-state index in [1.54, 1.807) is 6.07 Å². The van der Waals surface area contributed by atoms with Gasteiger partial charge in [-0.2, -0.15) is 0 Å². The topological polar surface area (TPSA) is 72.6 Å². The molecule has 0 unspecified atom stereocenters. The summed E-state index contributed by atoms with van der Waals surface area (Å²) in [6.45, 7) is 2.05. The van der Waals surface area contributed by atoms with Gasteiger partial charge in [-0.1, -0.05) is 37.3 Å². The lowest BCUT2D eigenvalue weighted by atomic mass is 9.99. The van der Waals surface area contributed by atoms with Gasteiger partial charge in [-0.25, -0.2) is 0 Å². The van der Waals surface area contributed by atoms with Crippen LogP contribution in [-0.4, -0.2) is 17.1 Å². The summed E-state index contributed by atoms with van der Waals surface area (Å²) in [7, 11) is 1.38. The molecule has 5 heteroatoms. The first-order valence-electron chi connectivity index (χ1n) is 6.66. The Morgan fingerprint density at radius 2 is 1.81 bits per heavy atom. The van der Waals surface area contributed by atoms with Crippen LogP contribution in [0.2, 0.25) is 0 Å². The van der Waals surface area contributed by atoms with Gasteiger partial charge in [-0.05, 0) is 29.2 Å². The molecule has 0 aliphatic carbocycles. The van der Waals surface area contributed by atoms with Crippen LogP contribution in [0.3, 0.4) is 0 Å². The van der Waals surface area contributed by atoms with Crippen molar-refractivity contribution in [1.29, 1.82) is 0 Å². The van der Waals surface area contributed by atoms with Gasteiger partial charge in [0.2, 0.25) is 0 Å². The Morgan fingerprint density at radius 3 is 2.33 bits per heavy atom. The minimum atomic E-state index is -0.902. The van der Waals surface area contributed by atoms with Gasteiger partial charge < -0.3 is 9.84 Å². The first-order valence-corrected chi connectivity index (χ1v) is 6.66. The van der Waals surface area contributed by atoms with Crippen molar-refractivity contribution >= 4 is 5.69 Å². The summed E-state index contributed by atoms with van der Waals surface area (Å²) in [5.74, 6) is 0.178. The van der Waals surface area contributed by atoms with E-state index in [2.05, 4.69) is 6.92 Å². The number of rotatable bonds is 5. The molecule has 2 aromatic rings. The van der Waals surface area contributed by atoms with Crippen molar-refractivity contribution in [2.75, 3.05) is 7.11 Å². The minimum absolute atomic E-state index is 0.153. The second-order valence-electron chi connectivity index (χ2n) is 4.69. The lowest BCUT2D eigenvalue weighted by Gasteiger charge is -2.13. The molecule has 0 amide bonds. The number of aliphatic hydroxyl groups is 1. The molecule has 0 spiro atoms. The Balaban J connectivity index is 2.35. The Bertz CT molecular complexity index is 637. The molecule has 0 aliphatic heterocycles. The number of nitrogens with zero attached hydrogens (tertiary/aromatic N) is 1. The number of methoxy groups -OCH3 is 1. The highest BCUT2D eigenvalue weighted by Crippen LogP contribution is 2.32. The normalized spacial score (nSPS) is 12.0. The van der Waals surface area contributed by atoms with Crippen molar-refractivity contribution in [3.8, 4) is 5.75 Å². The molecule has 1 N–H and O–H groups in total. The van der Waals surface area contributed by atoms with Crippen LogP contribution in [0, 0.1) is 10.1 Å². The maximum atomic E-state index is 11.0. The van der Waals surface area contributed by atoms with Crippen LogP contribution in [0.1, 0.15) is 29.7 Å². The third kappa shape index (κ3) is 3.20. The van der Waals surface area contributed by atoms with Crippen LogP contribution < -0.4 is 4.74 Å². The first kappa shape index (κ1) is 15.0. The molecular formula is C16H17NO4. The quantitative estimate of drug-likeness (QED) is 0.676. The number of benzene rings is 2. The Kier molecular flexibility index (Phi) is 4.55. The molecule has 0 fully saturated rings. The highest BCUT2D eigenvalue weighted by Gasteiger charge is 2.19. The molecule has 0 aromatic heterocycles. The SMILES string of the molecule is CCc1ccc([C@H](O)c2ccc(OC)c([N+](=O)[O-])c2)cc1. The van der Waals surface area contributed by atoms with E-state index >= 15 is 0 Å². The minimum Gasteiger partial charge on any atom is -0.490 e. The molecule has 0 saturated carbocycles. The Morgan fingerprint density at radius 1 is 1.19 bits per heavy atom. The molecule has 0 saturated heterocycles. The lowest BCUT2D eigenvalue weighted by molar-refractivity contribution is -0.385. The second-order valence-corrected chi connectivity index (χ2v) is 4.69. The van der Waals surface area contributed by atoms with Gasteiger partial charge in [0.25, 0.3) is 0 Å². The van der Waals surface area contributed by atoms with E-state index in [4.69, 9.17) is 4.74 Å². The monoisotopic (exact) mass is 287 g/mol. The maximum absolute atomic E-state index is 11.0. The number of aryl methyl sites for hydroxylation is 1. The van der Waals surface area contributed by atoms with Crippen LogP contribution in [0.15, 0.2) is 42.5 Å². The average Bonchev–Trinajstić information content (AvgIpc) is 2.53. The van der Waals surface area contributed by atoms with E-state index in [-0.39, 0.29) is 11.4 Å². The molecule has 0 bridgehead atoms. The van der Waals surface area contributed by atoms with Crippen molar-refractivity contribution in [3.05, 3.63) is 69.3 Å². The van der Waals surface area contributed by atoms with Gasteiger partial charge in [0.1, 0.15) is 6.10 Å². The fraction of sp³-hybridized carbons (Fsp3) is 0.250. The van der Waals surface area contributed by atoms with E-state index in [0.717, 1.165) is 6.42 Å². The van der Waals surface area contributed by atoms with E-state index in [1.807, 2.05) is 24.3 Å². The highest BCUT2D eigenvalue weighted by atomic mass is 16.6. The van der Waals surface area contributed by atoms with Crippen molar-refractivity contribution in [2.24, 2.45) is 0 Å². The molecular weight excluding hydrogens is 270 g/mol. The molecule has 0 radical (unpaired) electrons. The molecule has 1 atom stereocenters. The molecule has 5 nitrogen and oxygen atoms in total. The summed E-state index contributed by atoms with van der Waals surface area (Å²) in [4.78, 5) is 10.5. The molecule has 0 aliphatic rings. The Labute approximate surface area is 123 Å². The van der Waals surface area contributed by atoms with Crippen LogP contribution in [0.4, 0.5) is 5.69 Å².